The molecule has 0 atom stereocenters. The number of imide groups is 1. The summed E-state index contributed by atoms with van der Waals surface area (Å²) in [5.41, 5.74) is 1.05. The van der Waals surface area contributed by atoms with Gasteiger partial charge in [-0.15, -0.1) is 0 Å². The molecule has 0 aromatic heterocycles. The van der Waals surface area contributed by atoms with E-state index >= 15 is 0 Å². The molecule has 7 nitrogen and oxygen atoms in total. The van der Waals surface area contributed by atoms with Gasteiger partial charge in [-0.05, 0) is 47.9 Å². The van der Waals surface area contributed by atoms with E-state index < -0.39 is 22.3 Å². The van der Waals surface area contributed by atoms with Crippen LogP contribution in [0.3, 0.4) is 0 Å². The van der Waals surface area contributed by atoms with Crippen LogP contribution in [0.4, 0.5) is 10.5 Å². The second-order valence-corrected chi connectivity index (χ2v) is 6.92. The number of thioether (sulfide) groups is 1. The molecule has 0 radical (unpaired) electrons. The van der Waals surface area contributed by atoms with Gasteiger partial charge in [-0.25, -0.2) is 0 Å². The number of hydrogen-bond acceptors (Lipinski definition) is 6. The smallest absolute Gasteiger partial charge is 0.311 e. The number of nitrogens with zero attached hydrogens (tertiary/aromatic N) is 2. The van der Waals surface area contributed by atoms with Gasteiger partial charge in [0.25, 0.3) is 11.1 Å². The Kier molecular flexibility index (Phi) is 5.56. The molecule has 138 valence electrons. The van der Waals surface area contributed by atoms with E-state index in [0.29, 0.717) is 18.5 Å². The number of nitro groups is 1. The fourth-order valence-corrected chi connectivity index (χ4v) is 3.57. The molecule has 1 saturated heterocycles. The molecule has 1 heterocycles. The summed E-state index contributed by atoms with van der Waals surface area (Å²) < 4.78 is 0. The van der Waals surface area contributed by atoms with E-state index in [1.54, 1.807) is 0 Å². The first-order valence-corrected chi connectivity index (χ1v) is 9.04. The number of benzene rings is 2. The highest BCUT2D eigenvalue weighted by Gasteiger charge is 2.34. The van der Waals surface area contributed by atoms with Crippen LogP contribution in [0.5, 0.6) is 5.75 Å². The predicted molar refractivity (Wildman–Crippen MR) is 102 cm³/mol. The van der Waals surface area contributed by atoms with Crippen LogP contribution in [0.15, 0.2) is 53.4 Å². The van der Waals surface area contributed by atoms with E-state index in [-0.39, 0.29) is 10.1 Å². The normalized spacial score (nSPS) is 15.6. The molecule has 0 saturated carbocycles. The van der Waals surface area contributed by atoms with Gasteiger partial charge in [-0.3, -0.25) is 24.6 Å². The Bertz CT molecular complexity index is 927. The van der Waals surface area contributed by atoms with E-state index in [0.717, 1.165) is 23.7 Å². The Labute approximate surface area is 159 Å². The summed E-state index contributed by atoms with van der Waals surface area (Å²) in [6, 6.07) is 13.6. The van der Waals surface area contributed by atoms with E-state index in [2.05, 4.69) is 0 Å². The SMILES string of the molecule is O=C1SC(=Cc2ccc(O)c([N+](=O)[O-])c2)C(=O)N1CCCc1ccccc1. The van der Waals surface area contributed by atoms with Crippen LogP contribution in [0, 0.1) is 10.1 Å². The van der Waals surface area contributed by atoms with Crippen LogP contribution in [0.2, 0.25) is 0 Å². The number of aromatic hydroxyl groups is 1. The zero-order valence-electron chi connectivity index (χ0n) is 14.2. The number of hydrogen-bond donors (Lipinski definition) is 1. The molecule has 0 aliphatic carbocycles. The quantitative estimate of drug-likeness (QED) is 0.459. The van der Waals surface area contributed by atoms with E-state index in [4.69, 9.17) is 0 Å². The average molecular weight is 384 g/mol. The van der Waals surface area contributed by atoms with Gasteiger partial charge in [-0.1, -0.05) is 36.4 Å². The maximum Gasteiger partial charge on any atom is 0.311 e. The van der Waals surface area contributed by atoms with Gasteiger partial charge >= 0.3 is 5.69 Å². The highest BCUT2D eigenvalue weighted by atomic mass is 32.2. The summed E-state index contributed by atoms with van der Waals surface area (Å²) in [4.78, 5) is 36.2. The van der Waals surface area contributed by atoms with Crippen molar-refractivity contribution in [1.29, 1.82) is 0 Å². The summed E-state index contributed by atoms with van der Waals surface area (Å²) in [5, 5.41) is 20.0. The molecule has 27 heavy (non-hydrogen) atoms. The number of rotatable bonds is 6. The Morgan fingerprint density at radius 3 is 2.59 bits per heavy atom. The topological polar surface area (TPSA) is 101 Å². The maximum atomic E-state index is 12.5. The van der Waals surface area contributed by atoms with E-state index in [9.17, 15) is 24.8 Å². The van der Waals surface area contributed by atoms with Crippen molar-refractivity contribution in [2.45, 2.75) is 12.8 Å². The number of carbonyl (C=O) groups excluding carboxylic acids is 2. The van der Waals surface area contributed by atoms with Crippen LogP contribution >= 0.6 is 11.8 Å². The van der Waals surface area contributed by atoms with Crippen molar-refractivity contribution >= 4 is 34.7 Å². The number of amides is 2. The molecule has 1 N–H and O–H groups in total. The third-order valence-electron chi connectivity index (χ3n) is 4.06. The molecule has 2 amide bonds. The van der Waals surface area contributed by atoms with Gasteiger partial charge in [0.15, 0.2) is 5.75 Å². The zero-order valence-corrected chi connectivity index (χ0v) is 15.0. The lowest BCUT2D eigenvalue weighted by Gasteiger charge is -2.12. The van der Waals surface area contributed by atoms with Crippen molar-refractivity contribution in [3.63, 3.8) is 0 Å². The fourth-order valence-electron chi connectivity index (χ4n) is 2.71. The Morgan fingerprint density at radius 1 is 1.15 bits per heavy atom. The number of carbonyl (C=O) groups is 2. The number of aryl methyl sites for hydroxylation is 1. The standard InChI is InChI=1S/C19H16N2O5S/c22-16-9-8-14(11-15(16)21(25)26)12-17-18(23)20(19(24)27-17)10-4-7-13-5-2-1-3-6-13/h1-3,5-6,8-9,11-12,22H,4,7,10H2. The lowest BCUT2D eigenvalue weighted by atomic mass is 10.1. The Morgan fingerprint density at radius 2 is 1.89 bits per heavy atom. The first kappa shape index (κ1) is 18.7. The summed E-state index contributed by atoms with van der Waals surface area (Å²) in [6.45, 7) is 0.312. The lowest BCUT2D eigenvalue weighted by Crippen LogP contribution is -2.29. The monoisotopic (exact) mass is 384 g/mol. The lowest BCUT2D eigenvalue weighted by molar-refractivity contribution is -0.385. The molecular weight excluding hydrogens is 368 g/mol. The molecule has 0 unspecified atom stereocenters. The minimum atomic E-state index is -0.706. The predicted octanol–water partition coefficient (Wildman–Crippen LogP) is 3.97. The van der Waals surface area contributed by atoms with Gasteiger partial charge < -0.3 is 5.11 Å². The second-order valence-electron chi connectivity index (χ2n) is 5.93. The molecule has 0 bridgehead atoms. The summed E-state index contributed by atoms with van der Waals surface area (Å²) in [6.07, 6.45) is 2.83. The third kappa shape index (κ3) is 4.35. The van der Waals surface area contributed by atoms with Crippen LogP contribution < -0.4 is 0 Å². The van der Waals surface area contributed by atoms with Crippen LogP contribution in [0.1, 0.15) is 17.5 Å². The van der Waals surface area contributed by atoms with Gasteiger partial charge in [0.2, 0.25) is 0 Å². The van der Waals surface area contributed by atoms with Crippen molar-refractivity contribution < 1.29 is 19.6 Å². The molecule has 1 aliphatic heterocycles. The zero-order chi connectivity index (χ0) is 19.4. The van der Waals surface area contributed by atoms with E-state index in [1.807, 2.05) is 30.3 Å². The third-order valence-corrected chi connectivity index (χ3v) is 4.96. The fraction of sp³-hybridized carbons (Fsp3) is 0.158. The van der Waals surface area contributed by atoms with Gasteiger partial charge in [0.05, 0.1) is 9.83 Å². The number of nitro benzene ring substituents is 1. The minimum absolute atomic E-state index is 0.208. The van der Waals surface area contributed by atoms with Crippen molar-refractivity contribution in [3.8, 4) is 5.75 Å². The summed E-state index contributed by atoms with van der Waals surface area (Å²) >= 11 is 0.808. The highest BCUT2D eigenvalue weighted by Crippen LogP contribution is 2.34. The Hall–Kier alpha value is -3.13. The molecule has 8 heteroatoms. The van der Waals surface area contributed by atoms with Crippen LogP contribution in [-0.4, -0.2) is 32.6 Å². The average Bonchev–Trinajstić information content (AvgIpc) is 2.91. The molecular formula is C19H16N2O5S. The van der Waals surface area contributed by atoms with Crippen molar-refractivity contribution in [3.05, 3.63) is 74.7 Å². The van der Waals surface area contributed by atoms with Crippen molar-refractivity contribution in [1.82, 2.24) is 4.90 Å². The van der Waals surface area contributed by atoms with Crippen LogP contribution in [-0.2, 0) is 11.2 Å². The van der Waals surface area contributed by atoms with Crippen molar-refractivity contribution in [2.24, 2.45) is 0 Å². The largest absolute Gasteiger partial charge is 0.502 e. The molecule has 1 fully saturated rings. The summed E-state index contributed by atoms with van der Waals surface area (Å²) in [7, 11) is 0. The van der Waals surface area contributed by atoms with E-state index in [1.165, 1.54) is 29.2 Å². The second kappa shape index (κ2) is 8.05. The number of phenols is 1. The Balaban J connectivity index is 1.69. The number of phenolic OH excluding ortho intramolecular Hbond substituents is 1. The maximum absolute atomic E-state index is 12.5. The van der Waals surface area contributed by atoms with Gasteiger partial charge in [0, 0.05) is 12.6 Å². The first-order chi connectivity index (χ1) is 13.0. The first-order valence-electron chi connectivity index (χ1n) is 8.22. The molecule has 3 rings (SSSR count). The minimum Gasteiger partial charge on any atom is -0.502 e. The summed E-state index contributed by atoms with van der Waals surface area (Å²) in [5.74, 6) is -0.861. The highest BCUT2D eigenvalue weighted by molar-refractivity contribution is 8.18. The van der Waals surface area contributed by atoms with Gasteiger partial charge in [-0.2, -0.15) is 0 Å². The molecule has 2 aromatic rings. The van der Waals surface area contributed by atoms with Crippen molar-refractivity contribution in [2.75, 3.05) is 6.54 Å². The molecule has 2 aromatic carbocycles. The van der Waals surface area contributed by atoms with Crippen LogP contribution in [0.25, 0.3) is 6.08 Å². The molecule has 0 spiro atoms. The molecule has 1 aliphatic rings. The van der Waals surface area contributed by atoms with Gasteiger partial charge in [0.1, 0.15) is 0 Å².